The van der Waals surface area contributed by atoms with Gasteiger partial charge in [-0.05, 0) is 25.5 Å². The predicted octanol–water partition coefficient (Wildman–Crippen LogP) is 2.21. The fourth-order valence-electron chi connectivity index (χ4n) is 1.64. The summed E-state index contributed by atoms with van der Waals surface area (Å²) in [5.41, 5.74) is 0.943. The standard InChI is InChI=1S/C10H13NOS2/c1-11(2)5-7-6-14-10-8(9(7)12)3-4-13-10/h3-4,7H,5-6H2,1-2H3. The first-order valence-corrected chi connectivity index (χ1v) is 6.44. The molecule has 1 aromatic rings. The number of fused-ring (bicyclic) bond motifs is 1. The number of hydrogen-bond donors (Lipinski definition) is 0. The lowest BCUT2D eigenvalue weighted by molar-refractivity contribution is 0.0908. The van der Waals surface area contributed by atoms with E-state index in [1.807, 2.05) is 37.3 Å². The zero-order valence-electron chi connectivity index (χ0n) is 8.32. The van der Waals surface area contributed by atoms with Crippen LogP contribution in [0, 0.1) is 5.92 Å². The number of ketones is 1. The highest BCUT2D eigenvalue weighted by atomic mass is 32.2. The summed E-state index contributed by atoms with van der Waals surface area (Å²) in [7, 11) is 4.03. The van der Waals surface area contributed by atoms with Crippen molar-refractivity contribution in [2.75, 3.05) is 26.4 Å². The fourth-order valence-corrected chi connectivity index (χ4v) is 3.84. The van der Waals surface area contributed by atoms with Crippen molar-refractivity contribution in [3.63, 3.8) is 0 Å². The molecule has 0 amide bonds. The number of carbonyl (C=O) groups is 1. The molecule has 0 aliphatic carbocycles. The minimum atomic E-state index is 0.178. The number of Topliss-reactive ketones (excluding diaryl/α,β-unsaturated/α-hetero) is 1. The van der Waals surface area contributed by atoms with Crippen molar-refractivity contribution >= 4 is 28.9 Å². The van der Waals surface area contributed by atoms with E-state index < -0.39 is 0 Å². The van der Waals surface area contributed by atoms with Crippen LogP contribution >= 0.6 is 23.1 Å². The third-order valence-corrected chi connectivity index (χ3v) is 4.67. The van der Waals surface area contributed by atoms with Gasteiger partial charge in [-0.2, -0.15) is 0 Å². The van der Waals surface area contributed by atoms with Gasteiger partial charge in [0.15, 0.2) is 5.78 Å². The second kappa shape index (κ2) is 4.04. The largest absolute Gasteiger partial charge is 0.309 e. The Morgan fingerprint density at radius 2 is 2.36 bits per heavy atom. The molecule has 0 saturated carbocycles. The van der Waals surface area contributed by atoms with Crippen molar-refractivity contribution in [2.24, 2.45) is 5.92 Å². The van der Waals surface area contributed by atoms with E-state index in [2.05, 4.69) is 4.90 Å². The first-order chi connectivity index (χ1) is 6.68. The first kappa shape index (κ1) is 10.2. The Balaban J connectivity index is 2.17. The molecular weight excluding hydrogens is 214 g/mol. The topological polar surface area (TPSA) is 20.3 Å². The Labute approximate surface area is 92.3 Å². The summed E-state index contributed by atoms with van der Waals surface area (Å²) >= 11 is 3.50. The van der Waals surface area contributed by atoms with Crippen molar-refractivity contribution < 1.29 is 4.79 Å². The minimum absolute atomic E-state index is 0.178. The van der Waals surface area contributed by atoms with E-state index >= 15 is 0 Å². The molecule has 0 bridgehead atoms. The summed E-state index contributed by atoms with van der Waals surface area (Å²) in [6.07, 6.45) is 0. The lowest BCUT2D eigenvalue weighted by Gasteiger charge is -2.23. The quantitative estimate of drug-likeness (QED) is 0.772. The predicted molar refractivity (Wildman–Crippen MR) is 61.4 cm³/mol. The molecule has 2 rings (SSSR count). The van der Waals surface area contributed by atoms with Crippen LogP contribution < -0.4 is 0 Å². The molecule has 0 N–H and O–H groups in total. The van der Waals surface area contributed by atoms with Crippen LogP contribution in [0.25, 0.3) is 0 Å². The average Bonchev–Trinajstić information content (AvgIpc) is 2.57. The van der Waals surface area contributed by atoms with Gasteiger partial charge >= 0.3 is 0 Å². The number of nitrogens with zero attached hydrogens (tertiary/aromatic N) is 1. The molecule has 4 heteroatoms. The lowest BCUT2D eigenvalue weighted by atomic mass is 10.0. The van der Waals surface area contributed by atoms with Crippen LogP contribution in [-0.4, -0.2) is 37.1 Å². The van der Waals surface area contributed by atoms with Crippen LogP contribution in [0.3, 0.4) is 0 Å². The number of rotatable bonds is 2. The summed E-state index contributed by atoms with van der Waals surface area (Å²) in [5.74, 6) is 1.44. The molecule has 2 nitrogen and oxygen atoms in total. The lowest BCUT2D eigenvalue weighted by Crippen LogP contribution is -2.31. The average molecular weight is 227 g/mol. The molecular formula is C10H13NOS2. The summed E-state index contributed by atoms with van der Waals surface area (Å²) in [6.45, 7) is 0.862. The highest BCUT2D eigenvalue weighted by Gasteiger charge is 2.28. The number of thioether (sulfide) groups is 1. The Bertz CT molecular complexity index is 346. The summed E-state index contributed by atoms with van der Waals surface area (Å²) in [4.78, 5) is 14.1. The van der Waals surface area contributed by atoms with Gasteiger partial charge in [-0.25, -0.2) is 0 Å². The normalized spacial score (nSPS) is 21.4. The molecule has 2 heterocycles. The SMILES string of the molecule is CN(C)CC1CSc2sccc2C1=O. The molecule has 0 radical (unpaired) electrons. The maximum atomic E-state index is 12.0. The fraction of sp³-hybridized carbons (Fsp3) is 0.500. The molecule has 0 spiro atoms. The van der Waals surface area contributed by atoms with Crippen molar-refractivity contribution in [2.45, 2.75) is 4.21 Å². The van der Waals surface area contributed by atoms with Gasteiger partial charge in [0.2, 0.25) is 0 Å². The van der Waals surface area contributed by atoms with Gasteiger partial charge in [-0.15, -0.1) is 23.1 Å². The maximum Gasteiger partial charge on any atom is 0.170 e. The molecule has 1 unspecified atom stereocenters. The second-order valence-electron chi connectivity index (χ2n) is 3.76. The maximum absolute atomic E-state index is 12.0. The number of carbonyl (C=O) groups excluding carboxylic acids is 1. The van der Waals surface area contributed by atoms with E-state index in [1.165, 1.54) is 4.21 Å². The van der Waals surface area contributed by atoms with Gasteiger partial charge in [0.05, 0.1) is 4.21 Å². The van der Waals surface area contributed by atoms with Crippen LogP contribution in [0.2, 0.25) is 0 Å². The van der Waals surface area contributed by atoms with Gasteiger partial charge in [-0.1, -0.05) is 0 Å². The van der Waals surface area contributed by atoms with Gasteiger partial charge in [-0.3, -0.25) is 4.79 Å². The Hall–Kier alpha value is -0.320. The molecule has 1 aromatic heterocycles. The molecule has 0 aromatic carbocycles. The molecule has 1 aliphatic rings. The molecule has 0 fully saturated rings. The summed E-state index contributed by atoms with van der Waals surface area (Å²) < 4.78 is 1.20. The van der Waals surface area contributed by atoms with E-state index in [9.17, 15) is 4.79 Å². The Morgan fingerprint density at radius 1 is 1.57 bits per heavy atom. The molecule has 0 saturated heterocycles. The zero-order valence-corrected chi connectivity index (χ0v) is 9.95. The van der Waals surface area contributed by atoms with Gasteiger partial charge in [0, 0.05) is 23.8 Å². The van der Waals surface area contributed by atoms with Gasteiger partial charge in [0.25, 0.3) is 0 Å². The van der Waals surface area contributed by atoms with Crippen LogP contribution in [-0.2, 0) is 0 Å². The van der Waals surface area contributed by atoms with Crippen LogP contribution in [0.5, 0.6) is 0 Å². The third kappa shape index (κ3) is 1.87. The van der Waals surface area contributed by atoms with Crippen LogP contribution in [0.15, 0.2) is 15.7 Å². The minimum Gasteiger partial charge on any atom is -0.309 e. The van der Waals surface area contributed by atoms with E-state index in [4.69, 9.17) is 0 Å². The molecule has 1 atom stereocenters. The highest BCUT2D eigenvalue weighted by molar-refractivity contribution is 8.01. The van der Waals surface area contributed by atoms with Crippen LogP contribution in [0.4, 0.5) is 0 Å². The zero-order chi connectivity index (χ0) is 10.1. The molecule has 1 aliphatic heterocycles. The van der Waals surface area contributed by atoms with E-state index in [-0.39, 0.29) is 5.92 Å². The van der Waals surface area contributed by atoms with Crippen molar-refractivity contribution in [1.82, 2.24) is 4.90 Å². The smallest absolute Gasteiger partial charge is 0.170 e. The van der Waals surface area contributed by atoms with Crippen molar-refractivity contribution in [3.05, 3.63) is 17.0 Å². The Kier molecular flexibility index (Phi) is 2.95. The van der Waals surface area contributed by atoms with E-state index in [0.29, 0.717) is 5.78 Å². The summed E-state index contributed by atoms with van der Waals surface area (Å²) in [6, 6.07) is 1.96. The van der Waals surface area contributed by atoms with E-state index in [0.717, 1.165) is 17.9 Å². The highest BCUT2D eigenvalue weighted by Crippen LogP contribution is 2.36. The molecule has 14 heavy (non-hydrogen) atoms. The van der Waals surface area contributed by atoms with Crippen molar-refractivity contribution in [1.29, 1.82) is 0 Å². The van der Waals surface area contributed by atoms with Crippen LogP contribution in [0.1, 0.15) is 10.4 Å². The van der Waals surface area contributed by atoms with Gasteiger partial charge < -0.3 is 4.90 Å². The summed E-state index contributed by atoms with van der Waals surface area (Å²) in [5, 5.41) is 2.01. The van der Waals surface area contributed by atoms with E-state index in [1.54, 1.807) is 11.3 Å². The Morgan fingerprint density at radius 3 is 3.07 bits per heavy atom. The second-order valence-corrected chi connectivity index (χ2v) is 5.96. The van der Waals surface area contributed by atoms with Gasteiger partial charge in [0.1, 0.15) is 0 Å². The number of thiophene rings is 1. The number of hydrogen-bond acceptors (Lipinski definition) is 4. The first-order valence-electron chi connectivity index (χ1n) is 4.57. The van der Waals surface area contributed by atoms with Crippen molar-refractivity contribution in [3.8, 4) is 0 Å². The molecule has 76 valence electrons. The monoisotopic (exact) mass is 227 g/mol. The third-order valence-electron chi connectivity index (χ3n) is 2.27.